The van der Waals surface area contributed by atoms with Gasteiger partial charge in [-0.2, -0.15) is 0 Å². The number of ether oxygens (including phenoxy) is 5. The van der Waals surface area contributed by atoms with Gasteiger partial charge in [-0.25, -0.2) is 4.79 Å². The van der Waals surface area contributed by atoms with E-state index in [9.17, 15) is 14.9 Å². The zero-order chi connectivity index (χ0) is 23.2. The van der Waals surface area contributed by atoms with Crippen molar-refractivity contribution in [3.8, 4) is 5.75 Å². The molecule has 174 valence electrons. The summed E-state index contributed by atoms with van der Waals surface area (Å²) in [6.07, 6.45) is 0.282. The molecule has 0 amide bonds. The molecular weight excluding hydrogens is 460 g/mol. The van der Waals surface area contributed by atoms with Crippen LogP contribution in [0, 0.1) is 10.1 Å². The van der Waals surface area contributed by atoms with Gasteiger partial charge in [0, 0.05) is 27.9 Å². The number of carbonyl (C=O) groups excluding carboxylic acids is 1. The first-order chi connectivity index (χ1) is 15.8. The Morgan fingerprint density at radius 2 is 1.94 bits per heavy atom. The van der Waals surface area contributed by atoms with Crippen LogP contribution in [0.25, 0.3) is 0 Å². The summed E-state index contributed by atoms with van der Waals surface area (Å²) in [6.45, 7) is 1.91. The van der Waals surface area contributed by atoms with Crippen molar-refractivity contribution >= 4 is 17.8 Å². The fourth-order valence-corrected chi connectivity index (χ4v) is 4.59. The number of fused-ring (bicyclic) bond motifs is 2. The van der Waals surface area contributed by atoms with Crippen LogP contribution in [0.4, 0.5) is 4.79 Å². The Morgan fingerprint density at radius 3 is 2.70 bits per heavy atom. The van der Waals surface area contributed by atoms with Crippen LogP contribution in [0.5, 0.6) is 5.75 Å². The normalized spacial score (nSPS) is 29.9. The Hall–Kier alpha value is -2.99. The highest BCUT2D eigenvalue weighted by atomic mass is 35.5. The van der Waals surface area contributed by atoms with Gasteiger partial charge in [0.2, 0.25) is 0 Å². The first kappa shape index (κ1) is 21.8. The molecule has 0 saturated carbocycles. The van der Waals surface area contributed by atoms with Crippen LogP contribution in [0.15, 0.2) is 36.7 Å². The maximum Gasteiger partial charge on any atom is 0.514 e. The van der Waals surface area contributed by atoms with Crippen LogP contribution in [0.1, 0.15) is 23.6 Å². The number of halogens is 1. The molecule has 4 atom stereocenters. The molecule has 1 aromatic carbocycles. The van der Waals surface area contributed by atoms with Crippen LogP contribution in [0.3, 0.4) is 0 Å². The molecule has 2 saturated heterocycles. The van der Waals surface area contributed by atoms with Crippen LogP contribution in [0.2, 0.25) is 5.02 Å². The van der Waals surface area contributed by atoms with E-state index >= 15 is 0 Å². The summed E-state index contributed by atoms with van der Waals surface area (Å²) in [7, 11) is 0. The zero-order valence-corrected chi connectivity index (χ0v) is 18.1. The molecule has 5 rings (SSSR count). The van der Waals surface area contributed by atoms with E-state index in [0.29, 0.717) is 22.8 Å². The fourth-order valence-electron chi connectivity index (χ4n) is 4.47. The number of hydrogen-bond acceptors (Lipinski definition) is 10. The van der Waals surface area contributed by atoms with Gasteiger partial charge < -0.3 is 28.5 Å². The summed E-state index contributed by atoms with van der Waals surface area (Å²) >= 11 is 6.04. The van der Waals surface area contributed by atoms with E-state index in [-0.39, 0.29) is 25.6 Å². The third-order valence-corrected chi connectivity index (χ3v) is 6.30. The number of benzene rings is 1. The quantitative estimate of drug-likeness (QED) is 0.359. The first-order valence-corrected chi connectivity index (χ1v) is 10.5. The molecule has 2 fully saturated rings. The number of hydrogen-bond donors (Lipinski definition) is 0. The van der Waals surface area contributed by atoms with Crippen molar-refractivity contribution < 1.29 is 38.4 Å². The van der Waals surface area contributed by atoms with Gasteiger partial charge in [0.05, 0.1) is 32.6 Å². The Balaban J connectivity index is 1.45. The molecular formula is C21H19ClN2O9. The minimum absolute atomic E-state index is 0.134. The van der Waals surface area contributed by atoms with Gasteiger partial charge >= 0.3 is 6.16 Å². The largest absolute Gasteiger partial charge is 0.514 e. The summed E-state index contributed by atoms with van der Waals surface area (Å²) in [5, 5.41) is 10.6. The van der Waals surface area contributed by atoms with Gasteiger partial charge in [0.1, 0.15) is 12.2 Å². The van der Waals surface area contributed by atoms with Crippen molar-refractivity contribution in [2.45, 2.75) is 43.5 Å². The summed E-state index contributed by atoms with van der Waals surface area (Å²) in [4.78, 5) is 32.9. The Kier molecular flexibility index (Phi) is 5.36. The summed E-state index contributed by atoms with van der Waals surface area (Å²) in [5.74, 6) is 0.227. The van der Waals surface area contributed by atoms with Crippen LogP contribution in [-0.2, 0) is 42.6 Å². The van der Waals surface area contributed by atoms with Gasteiger partial charge in [-0.3, -0.25) is 4.98 Å². The van der Waals surface area contributed by atoms with E-state index in [2.05, 4.69) is 4.98 Å². The third kappa shape index (κ3) is 3.76. The first-order valence-electron chi connectivity index (χ1n) is 10.1. The monoisotopic (exact) mass is 478 g/mol. The molecule has 3 aliphatic heterocycles. The molecule has 0 bridgehead atoms. The summed E-state index contributed by atoms with van der Waals surface area (Å²) in [6, 6.07) is 6.61. The molecule has 0 spiro atoms. The van der Waals surface area contributed by atoms with Crippen LogP contribution < -0.4 is 4.74 Å². The Bertz CT molecular complexity index is 1100. The van der Waals surface area contributed by atoms with Crippen molar-refractivity contribution in [2.75, 3.05) is 13.2 Å². The molecule has 0 unspecified atom stereocenters. The lowest BCUT2D eigenvalue weighted by atomic mass is 9.85. The van der Waals surface area contributed by atoms with Crippen molar-refractivity contribution in [2.24, 2.45) is 0 Å². The summed E-state index contributed by atoms with van der Waals surface area (Å²) in [5.41, 5.74) is -0.763. The maximum absolute atomic E-state index is 13.0. The van der Waals surface area contributed by atoms with E-state index < -0.39 is 34.7 Å². The van der Waals surface area contributed by atoms with Crippen LogP contribution >= 0.6 is 11.6 Å². The predicted octanol–water partition coefficient (Wildman–Crippen LogP) is 2.94. The van der Waals surface area contributed by atoms with Crippen molar-refractivity contribution in [1.29, 1.82) is 0 Å². The van der Waals surface area contributed by atoms with E-state index in [4.69, 9.17) is 40.1 Å². The molecule has 33 heavy (non-hydrogen) atoms. The topological polar surface area (TPSA) is 128 Å². The maximum atomic E-state index is 13.0. The molecule has 0 radical (unpaired) electrons. The lowest BCUT2D eigenvalue weighted by molar-refractivity contribution is -0.781. The highest BCUT2D eigenvalue weighted by molar-refractivity contribution is 6.30. The molecule has 11 nitrogen and oxygen atoms in total. The molecule has 0 N–H and O–H groups in total. The number of aromatic nitrogens is 1. The second-order valence-corrected chi connectivity index (χ2v) is 8.65. The number of rotatable bonds is 5. The molecule has 3 aliphatic rings. The van der Waals surface area contributed by atoms with Gasteiger partial charge in [-0.05, 0) is 19.1 Å². The Morgan fingerprint density at radius 1 is 1.18 bits per heavy atom. The van der Waals surface area contributed by atoms with Crippen molar-refractivity contribution in [3.63, 3.8) is 0 Å². The third-order valence-electron chi connectivity index (χ3n) is 6.05. The minimum atomic E-state index is -1.45. The van der Waals surface area contributed by atoms with Gasteiger partial charge in [-0.1, -0.05) is 23.7 Å². The minimum Gasteiger partial charge on any atom is -0.417 e. The van der Waals surface area contributed by atoms with E-state index in [1.54, 1.807) is 30.5 Å². The second kappa shape index (κ2) is 8.10. The number of nitrogens with zero attached hydrogens (tertiary/aromatic N) is 2. The standard InChI is InChI=1S/C21H19ClN2O9/c1-20(33-24(26)27)10-29-18-17(20)30-11-21(18,13-2-4-14(22)5-3-13)32-19(25)31-16-7-23-6-12-8-28-9-15(12)16/h2-7,17-18H,8-11H2,1H3/t17-,18+,20+,21+/m0/s1. The Labute approximate surface area is 192 Å². The lowest BCUT2D eigenvalue weighted by Gasteiger charge is -2.32. The average molecular weight is 479 g/mol. The van der Waals surface area contributed by atoms with E-state index in [0.717, 1.165) is 5.56 Å². The van der Waals surface area contributed by atoms with Gasteiger partial charge in [0.15, 0.2) is 17.0 Å². The zero-order valence-electron chi connectivity index (χ0n) is 17.4. The molecule has 2 aromatic rings. The average Bonchev–Trinajstić information content (AvgIpc) is 3.46. The molecule has 1 aromatic heterocycles. The predicted molar refractivity (Wildman–Crippen MR) is 109 cm³/mol. The fraction of sp³-hybridized carbons (Fsp3) is 0.429. The SMILES string of the molecule is C[C@@]1(O[N+](=O)[O-])CO[C@@H]2[C@@H]1OC[C@@]2(OC(=O)Oc1cncc2c1COC2)c1ccc(Cl)cc1. The second-order valence-electron chi connectivity index (χ2n) is 8.21. The van der Waals surface area contributed by atoms with E-state index in [1.807, 2.05) is 0 Å². The van der Waals surface area contributed by atoms with Crippen molar-refractivity contribution in [3.05, 3.63) is 68.5 Å². The molecule has 4 heterocycles. The highest BCUT2D eigenvalue weighted by Crippen LogP contribution is 2.48. The van der Waals surface area contributed by atoms with Gasteiger partial charge in [-0.15, -0.1) is 10.1 Å². The van der Waals surface area contributed by atoms with Crippen LogP contribution in [-0.4, -0.2) is 47.2 Å². The smallest absolute Gasteiger partial charge is 0.417 e. The van der Waals surface area contributed by atoms with Crippen molar-refractivity contribution in [1.82, 2.24) is 4.98 Å². The lowest BCUT2D eigenvalue weighted by Crippen LogP contribution is -2.48. The van der Waals surface area contributed by atoms with E-state index in [1.165, 1.54) is 13.1 Å². The van der Waals surface area contributed by atoms with Gasteiger partial charge in [0.25, 0.3) is 5.09 Å². The number of carbonyl (C=O) groups is 1. The molecule has 0 aliphatic carbocycles. The number of pyridine rings is 1. The summed E-state index contributed by atoms with van der Waals surface area (Å²) < 4.78 is 28.4. The highest BCUT2D eigenvalue weighted by Gasteiger charge is 2.65. The molecule has 12 heteroatoms.